The van der Waals surface area contributed by atoms with Gasteiger partial charge in [0.1, 0.15) is 0 Å². The highest BCUT2D eigenvalue weighted by Crippen LogP contribution is 2.21. The van der Waals surface area contributed by atoms with Crippen LogP contribution in [0, 0.1) is 11.6 Å². The molecule has 0 heterocycles. The zero-order valence-electron chi connectivity index (χ0n) is 9.50. The Morgan fingerprint density at radius 3 is 2.12 bits per heavy atom. The van der Waals surface area contributed by atoms with E-state index in [0.29, 0.717) is 5.56 Å². The van der Waals surface area contributed by atoms with Crippen molar-refractivity contribution in [1.29, 1.82) is 0 Å². The molecule has 0 bridgehead atoms. The molecule has 1 nitrogen and oxygen atoms in total. The molecule has 0 aliphatic heterocycles. The van der Waals surface area contributed by atoms with Gasteiger partial charge < -0.3 is 5.32 Å². The summed E-state index contributed by atoms with van der Waals surface area (Å²) < 4.78 is 25.9. The first kappa shape index (κ1) is 11.7. The van der Waals surface area contributed by atoms with Crippen LogP contribution in [0.4, 0.5) is 8.78 Å². The third kappa shape index (κ3) is 2.68. The minimum atomic E-state index is -0.819. The van der Waals surface area contributed by atoms with E-state index in [-0.39, 0.29) is 0 Å². The largest absolute Gasteiger partial charge is 0.316 e. The molecule has 0 aliphatic carbocycles. The molecule has 2 aromatic rings. The molecule has 0 saturated heterocycles. The van der Waals surface area contributed by atoms with Crippen molar-refractivity contribution in [3.05, 3.63) is 59.7 Å². The van der Waals surface area contributed by atoms with E-state index in [9.17, 15) is 8.78 Å². The van der Waals surface area contributed by atoms with Gasteiger partial charge in [-0.15, -0.1) is 0 Å². The summed E-state index contributed by atoms with van der Waals surface area (Å²) in [5, 5.41) is 3.05. The molecule has 0 fully saturated rings. The Hall–Kier alpha value is -1.74. The van der Waals surface area contributed by atoms with E-state index in [1.54, 1.807) is 6.07 Å². The van der Waals surface area contributed by atoms with Gasteiger partial charge in [-0.3, -0.25) is 0 Å². The molecule has 0 aliphatic rings. The van der Waals surface area contributed by atoms with E-state index >= 15 is 0 Å². The predicted octanol–water partition coefficient (Wildman–Crippen LogP) is 3.35. The zero-order chi connectivity index (χ0) is 12.3. The summed E-state index contributed by atoms with van der Waals surface area (Å²) >= 11 is 0. The SMILES string of the molecule is CNCc1ccc(-c2ccc(F)c(F)c2)cc1. The normalized spacial score (nSPS) is 10.5. The molecule has 0 spiro atoms. The summed E-state index contributed by atoms with van der Waals surface area (Å²) in [6.07, 6.45) is 0. The number of rotatable bonds is 3. The van der Waals surface area contributed by atoms with Gasteiger partial charge >= 0.3 is 0 Å². The lowest BCUT2D eigenvalue weighted by atomic mass is 10.0. The first-order valence-corrected chi connectivity index (χ1v) is 5.39. The highest BCUT2D eigenvalue weighted by atomic mass is 19.2. The van der Waals surface area contributed by atoms with E-state index in [1.807, 2.05) is 31.3 Å². The lowest BCUT2D eigenvalue weighted by Gasteiger charge is -2.04. The first-order chi connectivity index (χ1) is 8.20. The van der Waals surface area contributed by atoms with Crippen LogP contribution in [0.15, 0.2) is 42.5 Å². The van der Waals surface area contributed by atoms with Crippen LogP contribution < -0.4 is 5.32 Å². The Bertz CT molecular complexity index is 506. The van der Waals surface area contributed by atoms with Gasteiger partial charge in [0.15, 0.2) is 11.6 Å². The van der Waals surface area contributed by atoms with Crippen molar-refractivity contribution < 1.29 is 8.78 Å². The van der Waals surface area contributed by atoms with Gasteiger partial charge in [0.05, 0.1) is 0 Å². The van der Waals surface area contributed by atoms with Crippen LogP contribution in [0.1, 0.15) is 5.56 Å². The lowest BCUT2D eigenvalue weighted by molar-refractivity contribution is 0.509. The molecule has 3 heteroatoms. The molecular formula is C14H13F2N. The molecule has 2 aromatic carbocycles. The zero-order valence-corrected chi connectivity index (χ0v) is 9.50. The van der Waals surface area contributed by atoms with Crippen LogP contribution >= 0.6 is 0 Å². The summed E-state index contributed by atoms with van der Waals surface area (Å²) in [5.41, 5.74) is 2.71. The van der Waals surface area contributed by atoms with Crippen LogP contribution in [-0.2, 0) is 6.54 Å². The van der Waals surface area contributed by atoms with Crippen molar-refractivity contribution in [2.24, 2.45) is 0 Å². The summed E-state index contributed by atoms with van der Waals surface area (Å²) in [5.74, 6) is -1.64. The second-order valence-corrected chi connectivity index (χ2v) is 3.86. The van der Waals surface area contributed by atoms with Crippen molar-refractivity contribution in [2.45, 2.75) is 6.54 Å². The monoisotopic (exact) mass is 233 g/mol. The number of nitrogens with one attached hydrogen (secondary N) is 1. The van der Waals surface area contributed by atoms with Crippen molar-refractivity contribution >= 4 is 0 Å². The van der Waals surface area contributed by atoms with Gasteiger partial charge in [-0.05, 0) is 35.9 Å². The van der Waals surface area contributed by atoms with Crippen molar-refractivity contribution in [3.63, 3.8) is 0 Å². The number of hydrogen-bond donors (Lipinski definition) is 1. The third-order valence-electron chi connectivity index (χ3n) is 2.59. The van der Waals surface area contributed by atoms with E-state index < -0.39 is 11.6 Å². The van der Waals surface area contributed by atoms with E-state index in [4.69, 9.17) is 0 Å². The topological polar surface area (TPSA) is 12.0 Å². The van der Waals surface area contributed by atoms with E-state index in [2.05, 4.69) is 5.32 Å². The molecule has 0 aromatic heterocycles. The minimum absolute atomic E-state index is 0.680. The summed E-state index contributed by atoms with van der Waals surface area (Å²) in [6, 6.07) is 11.7. The van der Waals surface area contributed by atoms with Crippen molar-refractivity contribution in [1.82, 2.24) is 5.32 Å². The van der Waals surface area contributed by atoms with Crippen LogP contribution in [0.5, 0.6) is 0 Å². The highest BCUT2D eigenvalue weighted by Gasteiger charge is 2.04. The molecule has 0 amide bonds. The summed E-state index contributed by atoms with van der Waals surface area (Å²) in [7, 11) is 1.88. The molecule has 88 valence electrons. The van der Waals surface area contributed by atoms with Crippen LogP contribution in [0.3, 0.4) is 0 Å². The van der Waals surface area contributed by atoms with Crippen molar-refractivity contribution in [3.8, 4) is 11.1 Å². The Kier molecular flexibility index (Phi) is 3.49. The van der Waals surface area contributed by atoms with E-state index in [0.717, 1.165) is 23.7 Å². The maximum absolute atomic E-state index is 13.1. The quantitative estimate of drug-likeness (QED) is 0.857. The smallest absolute Gasteiger partial charge is 0.159 e. The van der Waals surface area contributed by atoms with Gasteiger partial charge in [0.25, 0.3) is 0 Å². The molecule has 1 N–H and O–H groups in total. The number of halogens is 2. The van der Waals surface area contributed by atoms with Crippen LogP contribution in [0.25, 0.3) is 11.1 Å². The van der Waals surface area contributed by atoms with Gasteiger partial charge in [-0.25, -0.2) is 8.78 Å². The molecule has 2 rings (SSSR count). The molecule has 0 unspecified atom stereocenters. The van der Waals surface area contributed by atoms with Gasteiger partial charge in [-0.2, -0.15) is 0 Å². The highest BCUT2D eigenvalue weighted by molar-refractivity contribution is 5.63. The standard InChI is InChI=1S/C14H13F2N/c1-17-9-10-2-4-11(5-3-10)12-6-7-13(15)14(16)8-12/h2-8,17H,9H2,1H3. The average Bonchev–Trinajstić information content (AvgIpc) is 2.34. The Balaban J connectivity index is 2.30. The average molecular weight is 233 g/mol. The fraction of sp³-hybridized carbons (Fsp3) is 0.143. The second-order valence-electron chi connectivity index (χ2n) is 3.86. The molecule has 0 atom stereocenters. The molecule has 17 heavy (non-hydrogen) atoms. The maximum atomic E-state index is 13.1. The second kappa shape index (κ2) is 5.06. The van der Waals surface area contributed by atoms with Crippen LogP contribution in [-0.4, -0.2) is 7.05 Å². The third-order valence-corrected chi connectivity index (χ3v) is 2.59. The van der Waals surface area contributed by atoms with Crippen LogP contribution in [0.2, 0.25) is 0 Å². The molecular weight excluding hydrogens is 220 g/mol. The maximum Gasteiger partial charge on any atom is 0.159 e. The van der Waals surface area contributed by atoms with Gasteiger partial charge in [0, 0.05) is 6.54 Å². The number of hydrogen-bond acceptors (Lipinski definition) is 1. The Morgan fingerprint density at radius 1 is 0.882 bits per heavy atom. The van der Waals surface area contributed by atoms with Gasteiger partial charge in [0.2, 0.25) is 0 Å². The lowest BCUT2D eigenvalue weighted by Crippen LogP contribution is -2.04. The fourth-order valence-corrected chi connectivity index (χ4v) is 1.69. The Labute approximate surface area is 99.1 Å². The Morgan fingerprint density at radius 2 is 1.53 bits per heavy atom. The van der Waals surface area contributed by atoms with E-state index in [1.165, 1.54) is 6.07 Å². The van der Waals surface area contributed by atoms with Gasteiger partial charge in [-0.1, -0.05) is 30.3 Å². The minimum Gasteiger partial charge on any atom is -0.316 e. The molecule has 0 saturated carbocycles. The summed E-state index contributed by atoms with van der Waals surface area (Å²) in [6.45, 7) is 0.790. The predicted molar refractivity (Wildman–Crippen MR) is 64.6 cm³/mol. The molecule has 0 radical (unpaired) electrons. The first-order valence-electron chi connectivity index (χ1n) is 5.39. The fourth-order valence-electron chi connectivity index (χ4n) is 1.69. The number of benzene rings is 2. The summed E-state index contributed by atoms with van der Waals surface area (Å²) in [4.78, 5) is 0. The van der Waals surface area contributed by atoms with Crippen molar-refractivity contribution in [2.75, 3.05) is 7.05 Å².